The third-order valence-electron chi connectivity index (χ3n) is 12.2. The van der Waals surface area contributed by atoms with Crippen LogP contribution in [0.15, 0.2) is 72.9 Å². The van der Waals surface area contributed by atoms with Gasteiger partial charge in [-0.15, -0.1) is 0 Å². The van der Waals surface area contributed by atoms with Gasteiger partial charge in [0.05, 0.1) is 0 Å². The molecule has 1 atom stereocenters. The summed E-state index contributed by atoms with van der Waals surface area (Å²) >= 11 is 0. The van der Waals surface area contributed by atoms with Gasteiger partial charge in [0.25, 0.3) is 0 Å². The van der Waals surface area contributed by atoms with Crippen LogP contribution >= 0.6 is 0 Å². The third kappa shape index (κ3) is 53.7. The highest BCUT2D eigenvalue weighted by atomic mass is 16.6. The van der Waals surface area contributed by atoms with Crippen molar-refractivity contribution in [3.8, 4) is 0 Å². The lowest BCUT2D eigenvalue weighted by atomic mass is 10.1. The lowest BCUT2D eigenvalue weighted by Gasteiger charge is -2.18. The van der Waals surface area contributed by atoms with Gasteiger partial charge in [-0.2, -0.15) is 0 Å². The molecule has 386 valence electrons. The molecule has 0 N–H and O–H groups in total. The zero-order valence-electron chi connectivity index (χ0n) is 44.2. The number of ether oxygens (including phenoxy) is 3. The van der Waals surface area contributed by atoms with Crippen LogP contribution in [0.5, 0.6) is 0 Å². The second-order valence-corrected chi connectivity index (χ2v) is 18.8. The summed E-state index contributed by atoms with van der Waals surface area (Å²) in [7, 11) is 0. The minimum atomic E-state index is -0.781. The molecule has 1 unspecified atom stereocenters. The molecule has 0 aromatic heterocycles. The highest BCUT2D eigenvalue weighted by Gasteiger charge is 2.19. The van der Waals surface area contributed by atoms with Gasteiger partial charge >= 0.3 is 17.9 Å². The Morgan fingerprint density at radius 1 is 0.313 bits per heavy atom. The van der Waals surface area contributed by atoms with Crippen molar-refractivity contribution in [2.24, 2.45) is 0 Å². The lowest BCUT2D eigenvalue weighted by molar-refractivity contribution is -0.167. The fourth-order valence-corrected chi connectivity index (χ4v) is 7.93. The van der Waals surface area contributed by atoms with Crippen LogP contribution in [0.25, 0.3) is 0 Å². The molecule has 6 nitrogen and oxygen atoms in total. The second-order valence-electron chi connectivity index (χ2n) is 18.8. The van der Waals surface area contributed by atoms with Crippen molar-refractivity contribution in [3.05, 3.63) is 72.9 Å². The highest BCUT2D eigenvalue weighted by Crippen LogP contribution is 2.15. The van der Waals surface area contributed by atoms with Crippen molar-refractivity contribution in [1.82, 2.24) is 0 Å². The summed E-state index contributed by atoms with van der Waals surface area (Å²) in [5.41, 5.74) is 0. The van der Waals surface area contributed by atoms with Gasteiger partial charge in [0, 0.05) is 19.3 Å². The Morgan fingerprint density at radius 2 is 0.582 bits per heavy atom. The Labute approximate surface area is 414 Å². The number of carbonyl (C=O) groups is 3. The van der Waals surface area contributed by atoms with Crippen LogP contribution in [0.3, 0.4) is 0 Å². The average Bonchev–Trinajstić information content (AvgIpc) is 3.33. The first-order chi connectivity index (χ1) is 33.0. The first-order valence-electron chi connectivity index (χ1n) is 28.4. The van der Waals surface area contributed by atoms with Gasteiger partial charge in [-0.1, -0.05) is 241 Å². The molecule has 0 heterocycles. The molecule has 0 radical (unpaired) electrons. The molecule has 0 aromatic rings. The van der Waals surface area contributed by atoms with Crippen LogP contribution in [0.1, 0.15) is 278 Å². The van der Waals surface area contributed by atoms with E-state index in [2.05, 4.69) is 93.7 Å². The Morgan fingerprint density at radius 3 is 0.925 bits per heavy atom. The topological polar surface area (TPSA) is 78.9 Å². The van der Waals surface area contributed by atoms with Gasteiger partial charge in [0.1, 0.15) is 13.2 Å². The van der Waals surface area contributed by atoms with E-state index in [1.807, 2.05) is 0 Å². The van der Waals surface area contributed by atoms with Crippen molar-refractivity contribution in [2.45, 2.75) is 284 Å². The molecule has 0 rings (SSSR count). The zero-order chi connectivity index (χ0) is 48.6. The van der Waals surface area contributed by atoms with Crippen LogP contribution in [0, 0.1) is 0 Å². The smallest absolute Gasteiger partial charge is 0.306 e. The summed E-state index contributed by atoms with van der Waals surface area (Å²) in [5, 5.41) is 0. The molecule has 0 spiro atoms. The Hall–Kier alpha value is -3.15. The molecular weight excluding hydrogens is 829 g/mol. The van der Waals surface area contributed by atoms with E-state index in [9.17, 15) is 14.4 Å². The highest BCUT2D eigenvalue weighted by molar-refractivity contribution is 5.71. The molecule has 0 fully saturated rings. The quantitative estimate of drug-likeness (QED) is 0.0262. The second kappa shape index (κ2) is 55.4. The van der Waals surface area contributed by atoms with E-state index in [4.69, 9.17) is 14.2 Å². The third-order valence-corrected chi connectivity index (χ3v) is 12.2. The zero-order valence-corrected chi connectivity index (χ0v) is 44.2. The maximum Gasteiger partial charge on any atom is 0.306 e. The number of rotatable bonds is 51. The summed E-state index contributed by atoms with van der Waals surface area (Å²) in [6.07, 6.45) is 70.3. The first-order valence-corrected chi connectivity index (χ1v) is 28.4. The van der Waals surface area contributed by atoms with Crippen LogP contribution in [0.2, 0.25) is 0 Å². The number of carbonyl (C=O) groups excluding carboxylic acids is 3. The molecule has 0 saturated carbocycles. The first kappa shape index (κ1) is 63.8. The number of allylic oxidation sites excluding steroid dienone is 12. The van der Waals surface area contributed by atoms with Crippen LogP contribution in [-0.2, 0) is 28.6 Å². The summed E-state index contributed by atoms with van der Waals surface area (Å²) in [6, 6.07) is 0. The molecule has 0 aliphatic carbocycles. The number of hydrogen-bond acceptors (Lipinski definition) is 6. The molecule has 0 aromatic carbocycles. The number of hydrogen-bond donors (Lipinski definition) is 0. The minimum absolute atomic E-state index is 0.0793. The number of esters is 3. The van der Waals surface area contributed by atoms with E-state index in [1.165, 1.54) is 135 Å². The molecule has 0 aliphatic rings. The van der Waals surface area contributed by atoms with E-state index < -0.39 is 6.10 Å². The lowest BCUT2D eigenvalue weighted by Crippen LogP contribution is -2.30. The van der Waals surface area contributed by atoms with Crippen molar-refractivity contribution in [2.75, 3.05) is 13.2 Å². The molecule has 6 heteroatoms. The minimum Gasteiger partial charge on any atom is -0.462 e. The van der Waals surface area contributed by atoms with Gasteiger partial charge in [0.2, 0.25) is 0 Å². The normalized spacial score (nSPS) is 12.6. The van der Waals surface area contributed by atoms with E-state index in [0.29, 0.717) is 19.3 Å². The monoisotopic (exact) mass is 935 g/mol. The van der Waals surface area contributed by atoms with Crippen molar-refractivity contribution in [1.29, 1.82) is 0 Å². The summed E-state index contributed by atoms with van der Waals surface area (Å²) in [5.74, 6) is -0.889. The predicted molar refractivity (Wildman–Crippen MR) is 288 cm³/mol. The van der Waals surface area contributed by atoms with Gasteiger partial charge < -0.3 is 14.2 Å². The van der Waals surface area contributed by atoms with Crippen LogP contribution < -0.4 is 0 Å². The predicted octanol–water partition coefficient (Wildman–Crippen LogP) is 19.0. The summed E-state index contributed by atoms with van der Waals surface area (Å²) in [4.78, 5) is 38.1. The van der Waals surface area contributed by atoms with Gasteiger partial charge in [-0.25, -0.2) is 0 Å². The summed E-state index contributed by atoms with van der Waals surface area (Å²) < 4.78 is 16.8. The standard InChI is InChI=1S/C61H106O6/c1-4-7-10-13-16-19-22-24-26-28-30-31-32-34-35-37-39-42-45-48-51-54-60(63)66-57-58(56-65-59(62)53-50-47-44-41-21-18-15-12-9-6-3)67-61(64)55-52-49-46-43-40-38-36-33-29-27-25-23-20-17-14-11-8-5-2/h7,10,16,19-20,23-24,26-27,29-31,58H,4-6,8-9,11-15,17-18,21-22,25,28,32-57H2,1-3H3/b10-7-,19-16-,23-20-,26-24-,29-27-,31-30-. The summed E-state index contributed by atoms with van der Waals surface area (Å²) in [6.45, 7) is 6.50. The molecular formula is C61H106O6. The molecule has 0 saturated heterocycles. The largest absolute Gasteiger partial charge is 0.462 e. The maximum absolute atomic E-state index is 12.8. The SMILES string of the molecule is CC/C=C\C/C=C\C/C=C\C/C=C\CCCCCCCCCCC(=O)OCC(COC(=O)CCCCCCCCCCCC)OC(=O)CCCCCCCCC/C=C\C/C=C\CCCCCC. The maximum atomic E-state index is 12.8. The Balaban J connectivity index is 4.33. The van der Waals surface area contributed by atoms with Crippen LogP contribution in [0.4, 0.5) is 0 Å². The van der Waals surface area contributed by atoms with Crippen molar-refractivity contribution < 1.29 is 28.6 Å². The van der Waals surface area contributed by atoms with E-state index in [1.54, 1.807) is 0 Å². The average molecular weight is 936 g/mol. The van der Waals surface area contributed by atoms with Gasteiger partial charge in [0.15, 0.2) is 6.10 Å². The fourth-order valence-electron chi connectivity index (χ4n) is 7.93. The van der Waals surface area contributed by atoms with Crippen LogP contribution in [-0.4, -0.2) is 37.2 Å². The number of unbranched alkanes of at least 4 members (excludes halogenated alkanes) is 28. The van der Waals surface area contributed by atoms with Gasteiger partial charge in [-0.3, -0.25) is 14.4 Å². The fraction of sp³-hybridized carbons (Fsp3) is 0.754. The molecule has 0 amide bonds. The molecule has 0 aliphatic heterocycles. The van der Waals surface area contributed by atoms with E-state index in [-0.39, 0.29) is 31.1 Å². The molecule has 0 bridgehead atoms. The Bertz CT molecular complexity index is 1260. The Kier molecular flexibility index (Phi) is 52.8. The van der Waals surface area contributed by atoms with Crippen molar-refractivity contribution >= 4 is 17.9 Å². The van der Waals surface area contributed by atoms with Gasteiger partial charge in [-0.05, 0) is 89.9 Å². The van der Waals surface area contributed by atoms with E-state index in [0.717, 1.165) is 103 Å². The van der Waals surface area contributed by atoms with Crippen molar-refractivity contribution in [3.63, 3.8) is 0 Å². The molecule has 67 heavy (non-hydrogen) atoms. The van der Waals surface area contributed by atoms with E-state index >= 15 is 0 Å².